The van der Waals surface area contributed by atoms with Gasteiger partial charge in [0.1, 0.15) is 0 Å². The van der Waals surface area contributed by atoms with E-state index in [1.807, 2.05) is 0 Å². The fourth-order valence-electron chi connectivity index (χ4n) is 2.85. The third-order valence-electron chi connectivity index (χ3n) is 4.46. The lowest BCUT2D eigenvalue weighted by atomic mass is 9.91. The third-order valence-corrected chi connectivity index (χ3v) is 4.46. The monoisotopic (exact) mass is 264 g/mol. The molecule has 1 aromatic heterocycles. The van der Waals surface area contributed by atoms with E-state index in [-0.39, 0.29) is 0 Å². The molecule has 2 fully saturated rings. The molecule has 1 saturated heterocycles. The molecule has 1 unspecified atom stereocenters. The molecule has 1 saturated carbocycles. The summed E-state index contributed by atoms with van der Waals surface area (Å²) in [5.41, 5.74) is 6.16. The second-order valence-corrected chi connectivity index (χ2v) is 6.37. The van der Waals surface area contributed by atoms with Crippen LogP contribution >= 0.6 is 0 Å². The zero-order valence-electron chi connectivity index (χ0n) is 11.9. The average molecular weight is 264 g/mol. The van der Waals surface area contributed by atoms with Gasteiger partial charge in [-0.15, -0.1) is 0 Å². The minimum atomic E-state index is -0.403. The number of likely N-dealkylation sites (tertiary alicyclic amines) is 1. The van der Waals surface area contributed by atoms with Crippen molar-refractivity contribution in [2.45, 2.75) is 63.5 Å². The molecule has 106 valence electrons. The molecule has 19 heavy (non-hydrogen) atoms. The lowest BCUT2D eigenvalue weighted by molar-refractivity contribution is 0.223. The summed E-state index contributed by atoms with van der Waals surface area (Å²) in [5.74, 6) is 2.02. The first-order valence-corrected chi connectivity index (χ1v) is 7.45. The summed E-state index contributed by atoms with van der Waals surface area (Å²) in [4.78, 5) is 7.04. The van der Waals surface area contributed by atoms with Gasteiger partial charge in [-0.25, -0.2) is 0 Å². The predicted molar refractivity (Wildman–Crippen MR) is 72.7 cm³/mol. The van der Waals surface area contributed by atoms with Crippen LogP contribution in [0, 0.1) is 0 Å². The van der Waals surface area contributed by atoms with Crippen molar-refractivity contribution in [1.82, 2.24) is 15.0 Å². The van der Waals surface area contributed by atoms with Gasteiger partial charge >= 0.3 is 0 Å². The van der Waals surface area contributed by atoms with Crippen LogP contribution in [0.3, 0.4) is 0 Å². The molecule has 2 N–H and O–H groups in total. The van der Waals surface area contributed by atoms with Crippen LogP contribution in [-0.2, 0) is 5.54 Å². The highest BCUT2D eigenvalue weighted by Gasteiger charge is 2.37. The minimum absolute atomic E-state index is 0.403. The van der Waals surface area contributed by atoms with Gasteiger partial charge in [0, 0.05) is 18.5 Å². The normalized spacial score (nSPS) is 29.7. The molecule has 0 spiro atoms. The molecule has 1 aliphatic carbocycles. The van der Waals surface area contributed by atoms with Gasteiger partial charge in [-0.05, 0) is 52.5 Å². The van der Waals surface area contributed by atoms with E-state index >= 15 is 0 Å². The van der Waals surface area contributed by atoms with Crippen LogP contribution in [-0.4, -0.2) is 34.2 Å². The van der Waals surface area contributed by atoms with Crippen LogP contribution in [0.1, 0.15) is 63.6 Å². The fraction of sp³-hybridized carbons (Fsp3) is 0.857. The molecule has 1 aromatic rings. The van der Waals surface area contributed by atoms with Crippen LogP contribution in [0.2, 0.25) is 0 Å². The van der Waals surface area contributed by atoms with E-state index in [1.165, 1.54) is 12.8 Å². The number of aromatic nitrogens is 2. The van der Waals surface area contributed by atoms with Crippen molar-refractivity contribution in [1.29, 1.82) is 0 Å². The largest absolute Gasteiger partial charge is 0.339 e. The second-order valence-electron chi connectivity index (χ2n) is 6.37. The smallest absolute Gasteiger partial charge is 0.229 e. The first-order valence-electron chi connectivity index (χ1n) is 7.45. The first-order chi connectivity index (χ1) is 9.08. The fourth-order valence-corrected chi connectivity index (χ4v) is 2.85. The number of nitrogens with zero attached hydrogens (tertiary/aromatic N) is 3. The molecule has 2 heterocycles. The quantitative estimate of drug-likeness (QED) is 0.904. The Bertz CT molecular complexity index is 440. The number of hydrogen-bond acceptors (Lipinski definition) is 5. The van der Waals surface area contributed by atoms with E-state index in [9.17, 15) is 0 Å². The van der Waals surface area contributed by atoms with E-state index < -0.39 is 5.54 Å². The number of nitrogens with two attached hydrogens (primary N) is 1. The number of hydrogen-bond donors (Lipinski definition) is 1. The van der Waals surface area contributed by atoms with E-state index in [2.05, 4.69) is 28.9 Å². The minimum Gasteiger partial charge on any atom is -0.339 e. The molecular formula is C14H24N4O. The predicted octanol–water partition coefficient (Wildman–Crippen LogP) is 2.00. The summed E-state index contributed by atoms with van der Waals surface area (Å²) in [5, 5.41) is 4.15. The molecule has 1 atom stereocenters. The summed E-state index contributed by atoms with van der Waals surface area (Å²) in [6.07, 6.45) is 5.32. The van der Waals surface area contributed by atoms with Gasteiger partial charge in [-0.2, -0.15) is 4.98 Å². The Hall–Kier alpha value is -0.940. The van der Waals surface area contributed by atoms with E-state index in [0.29, 0.717) is 12.0 Å². The lowest BCUT2D eigenvalue weighted by Crippen LogP contribution is -2.39. The summed E-state index contributed by atoms with van der Waals surface area (Å²) in [7, 11) is 0. The van der Waals surface area contributed by atoms with Gasteiger partial charge in [0.15, 0.2) is 5.82 Å². The highest BCUT2D eigenvalue weighted by Crippen LogP contribution is 2.40. The molecular weight excluding hydrogens is 240 g/mol. The van der Waals surface area contributed by atoms with E-state index in [0.717, 1.165) is 44.1 Å². The van der Waals surface area contributed by atoms with Crippen molar-refractivity contribution in [3.05, 3.63) is 11.7 Å². The Kier molecular flexibility index (Phi) is 3.35. The Labute approximate surface area is 114 Å². The maximum atomic E-state index is 6.56. The standard InChI is InChI=1S/C14H24N4O/c1-10(2)18-8-3-6-14(15,7-9-18)13-16-12(19-17-13)11-4-5-11/h10-11H,3-9,15H2,1-2H3. The van der Waals surface area contributed by atoms with Gasteiger partial charge in [-0.3, -0.25) is 0 Å². The first kappa shape index (κ1) is 13.1. The van der Waals surface area contributed by atoms with Gasteiger partial charge in [0.2, 0.25) is 5.89 Å². The Balaban J connectivity index is 1.73. The van der Waals surface area contributed by atoms with Crippen LogP contribution in [0.15, 0.2) is 4.52 Å². The highest BCUT2D eigenvalue weighted by atomic mass is 16.5. The van der Waals surface area contributed by atoms with Gasteiger partial charge in [0.25, 0.3) is 0 Å². The average Bonchev–Trinajstić information content (AvgIpc) is 3.14. The molecule has 5 heteroatoms. The van der Waals surface area contributed by atoms with Crippen molar-refractivity contribution in [2.75, 3.05) is 13.1 Å². The van der Waals surface area contributed by atoms with Crippen LogP contribution in [0.25, 0.3) is 0 Å². The molecule has 0 radical (unpaired) electrons. The maximum absolute atomic E-state index is 6.56. The molecule has 0 aromatic carbocycles. The molecule has 3 rings (SSSR count). The highest BCUT2D eigenvalue weighted by molar-refractivity contribution is 5.09. The van der Waals surface area contributed by atoms with Crippen molar-refractivity contribution in [2.24, 2.45) is 5.73 Å². The summed E-state index contributed by atoms with van der Waals surface area (Å²) in [6.45, 7) is 6.61. The molecule has 0 bridgehead atoms. The molecule has 5 nitrogen and oxygen atoms in total. The van der Waals surface area contributed by atoms with Crippen molar-refractivity contribution < 1.29 is 4.52 Å². The zero-order chi connectivity index (χ0) is 13.5. The van der Waals surface area contributed by atoms with Crippen LogP contribution in [0.5, 0.6) is 0 Å². The van der Waals surface area contributed by atoms with Crippen LogP contribution in [0.4, 0.5) is 0 Å². The summed E-state index contributed by atoms with van der Waals surface area (Å²) in [6, 6.07) is 0.578. The van der Waals surface area contributed by atoms with E-state index in [1.54, 1.807) is 0 Å². The summed E-state index contributed by atoms with van der Waals surface area (Å²) < 4.78 is 5.37. The third kappa shape index (κ3) is 2.67. The second kappa shape index (κ2) is 4.87. The van der Waals surface area contributed by atoms with Gasteiger partial charge < -0.3 is 15.2 Å². The zero-order valence-corrected chi connectivity index (χ0v) is 11.9. The molecule has 2 aliphatic rings. The van der Waals surface area contributed by atoms with Gasteiger partial charge in [0.05, 0.1) is 5.54 Å². The van der Waals surface area contributed by atoms with E-state index in [4.69, 9.17) is 10.3 Å². The molecule has 1 aliphatic heterocycles. The van der Waals surface area contributed by atoms with Crippen molar-refractivity contribution in [3.63, 3.8) is 0 Å². The Morgan fingerprint density at radius 1 is 1.32 bits per heavy atom. The molecule has 0 amide bonds. The SMILES string of the molecule is CC(C)N1CCCC(N)(c2noc(C3CC3)n2)CC1. The maximum Gasteiger partial charge on any atom is 0.229 e. The Morgan fingerprint density at radius 3 is 2.79 bits per heavy atom. The van der Waals surface area contributed by atoms with Gasteiger partial charge in [-0.1, -0.05) is 5.16 Å². The lowest BCUT2D eigenvalue weighted by Gasteiger charge is -2.26. The number of rotatable bonds is 3. The Morgan fingerprint density at radius 2 is 2.11 bits per heavy atom. The van der Waals surface area contributed by atoms with Crippen LogP contribution < -0.4 is 5.73 Å². The van der Waals surface area contributed by atoms with Crippen molar-refractivity contribution in [3.8, 4) is 0 Å². The summed E-state index contributed by atoms with van der Waals surface area (Å²) >= 11 is 0. The van der Waals surface area contributed by atoms with Crippen molar-refractivity contribution >= 4 is 0 Å². The topological polar surface area (TPSA) is 68.2 Å².